The molecule has 0 spiro atoms. The Balaban J connectivity index is 1.22. The Labute approximate surface area is 183 Å². The van der Waals surface area contributed by atoms with Gasteiger partial charge in [-0.2, -0.15) is 0 Å². The fourth-order valence-corrected chi connectivity index (χ4v) is 6.90. The van der Waals surface area contributed by atoms with E-state index in [0.717, 1.165) is 28.5 Å². The van der Waals surface area contributed by atoms with Crippen LogP contribution in [0.25, 0.3) is 10.8 Å². The lowest BCUT2D eigenvalue weighted by Gasteiger charge is -2.59. The number of hydrogen-bond acceptors (Lipinski definition) is 4. The van der Waals surface area contributed by atoms with Crippen LogP contribution >= 0.6 is 0 Å². The molecule has 4 saturated carbocycles. The van der Waals surface area contributed by atoms with E-state index in [0.29, 0.717) is 11.3 Å². The molecule has 4 aliphatic rings. The minimum atomic E-state index is -0.541. The Morgan fingerprint density at radius 2 is 1.61 bits per heavy atom. The molecule has 1 N–H and O–H groups in total. The Morgan fingerprint density at radius 1 is 1.03 bits per heavy atom. The second-order valence-electron chi connectivity index (χ2n) is 10.0. The van der Waals surface area contributed by atoms with Crippen LogP contribution in [0.2, 0.25) is 0 Å². The van der Waals surface area contributed by atoms with Crippen molar-refractivity contribution in [1.82, 2.24) is 5.32 Å². The number of ether oxygens (including phenoxy) is 2. The normalized spacial score (nSPS) is 29.5. The van der Waals surface area contributed by atoms with Gasteiger partial charge in [-0.1, -0.05) is 24.3 Å². The predicted octanol–water partition coefficient (Wildman–Crippen LogP) is 4.73. The summed E-state index contributed by atoms with van der Waals surface area (Å²) in [6.45, 7) is 1.87. The van der Waals surface area contributed by atoms with Gasteiger partial charge in [0.2, 0.25) is 0 Å². The van der Waals surface area contributed by atoms with Gasteiger partial charge in [0.1, 0.15) is 11.3 Å². The van der Waals surface area contributed by atoms with Gasteiger partial charge >= 0.3 is 5.97 Å². The lowest BCUT2D eigenvalue weighted by Crippen LogP contribution is -2.56. The highest BCUT2D eigenvalue weighted by Crippen LogP contribution is 2.61. The van der Waals surface area contributed by atoms with E-state index in [4.69, 9.17) is 9.47 Å². The summed E-state index contributed by atoms with van der Waals surface area (Å²) < 4.78 is 10.8. The number of methoxy groups -OCH3 is 1. The van der Waals surface area contributed by atoms with Crippen LogP contribution in [0.1, 0.15) is 55.8 Å². The number of amides is 1. The first kappa shape index (κ1) is 20.3. The van der Waals surface area contributed by atoms with Gasteiger partial charge in [0.15, 0.2) is 6.61 Å². The number of rotatable bonds is 6. The molecular formula is C26H31NO4. The number of benzene rings is 2. The molecule has 0 aromatic heterocycles. The summed E-state index contributed by atoms with van der Waals surface area (Å²) in [4.78, 5) is 25.3. The molecular weight excluding hydrogens is 390 g/mol. The summed E-state index contributed by atoms with van der Waals surface area (Å²) in [6, 6.07) is 11.5. The van der Waals surface area contributed by atoms with Crippen LogP contribution in [0.15, 0.2) is 36.4 Å². The molecule has 6 rings (SSSR count). The monoisotopic (exact) mass is 421 g/mol. The zero-order valence-electron chi connectivity index (χ0n) is 18.4. The maximum Gasteiger partial charge on any atom is 0.342 e. The van der Waals surface area contributed by atoms with E-state index in [1.807, 2.05) is 30.3 Å². The number of carbonyl (C=O) groups excluding carboxylic acids is 2. The summed E-state index contributed by atoms with van der Waals surface area (Å²) >= 11 is 0. The number of carbonyl (C=O) groups is 2. The van der Waals surface area contributed by atoms with Gasteiger partial charge in [-0.15, -0.1) is 0 Å². The van der Waals surface area contributed by atoms with E-state index in [2.05, 4.69) is 12.2 Å². The summed E-state index contributed by atoms with van der Waals surface area (Å²) in [7, 11) is 1.53. The molecule has 2 aromatic carbocycles. The first-order valence-corrected chi connectivity index (χ1v) is 11.5. The smallest absolute Gasteiger partial charge is 0.342 e. The number of esters is 1. The zero-order valence-corrected chi connectivity index (χ0v) is 18.4. The van der Waals surface area contributed by atoms with Crippen LogP contribution in [-0.4, -0.2) is 31.6 Å². The van der Waals surface area contributed by atoms with Gasteiger partial charge < -0.3 is 14.8 Å². The Kier molecular flexibility index (Phi) is 5.15. The molecule has 0 saturated heterocycles. The van der Waals surface area contributed by atoms with Crippen LogP contribution in [-0.2, 0) is 9.53 Å². The molecule has 4 fully saturated rings. The minimum absolute atomic E-state index is 0.113. The van der Waals surface area contributed by atoms with Gasteiger partial charge in [-0.05, 0) is 91.5 Å². The van der Waals surface area contributed by atoms with Crippen LogP contribution in [0.4, 0.5) is 0 Å². The third-order valence-corrected chi connectivity index (χ3v) is 8.00. The van der Waals surface area contributed by atoms with Gasteiger partial charge in [0.25, 0.3) is 5.91 Å². The van der Waals surface area contributed by atoms with Crippen molar-refractivity contribution >= 4 is 22.6 Å². The minimum Gasteiger partial charge on any atom is -0.496 e. The summed E-state index contributed by atoms with van der Waals surface area (Å²) in [5.41, 5.74) is 0.568. The summed E-state index contributed by atoms with van der Waals surface area (Å²) in [5.74, 6) is 2.19. The second kappa shape index (κ2) is 7.85. The highest BCUT2D eigenvalue weighted by Gasteiger charge is 2.53. The first-order valence-electron chi connectivity index (χ1n) is 11.5. The van der Waals surface area contributed by atoms with E-state index in [1.54, 1.807) is 6.07 Å². The molecule has 1 amide bonds. The molecule has 4 aliphatic carbocycles. The van der Waals surface area contributed by atoms with Crippen molar-refractivity contribution in [3.63, 3.8) is 0 Å². The molecule has 164 valence electrons. The van der Waals surface area contributed by atoms with Crippen molar-refractivity contribution in [2.75, 3.05) is 13.7 Å². The van der Waals surface area contributed by atoms with Crippen molar-refractivity contribution in [2.45, 2.75) is 51.5 Å². The average molecular weight is 422 g/mol. The molecule has 2 aromatic rings. The lowest BCUT2D eigenvalue weighted by atomic mass is 9.48. The van der Waals surface area contributed by atoms with E-state index >= 15 is 0 Å². The Hall–Kier alpha value is -2.56. The molecule has 0 radical (unpaired) electrons. The zero-order chi connectivity index (χ0) is 21.6. The van der Waals surface area contributed by atoms with Crippen LogP contribution in [0.3, 0.4) is 0 Å². The fraction of sp³-hybridized carbons (Fsp3) is 0.538. The standard InChI is InChI=1S/C26H31NO4/c1-16(26-12-17-7-18(13-26)9-19(8-17)14-26)27-24(28)15-31-25(29)22-10-20-5-3-4-6-21(20)11-23(22)30-2/h3-6,10-11,16-19H,7-9,12-15H2,1-2H3,(H,27,28)/t16-,17?,18?,19?,26?/m0/s1. The Morgan fingerprint density at radius 3 is 2.19 bits per heavy atom. The Bertz CT molecular complexity index is 978. The van der Waals surface area contributed by atoms with Crippen molar-refractivity contribution < 1.29 is 19.1 Å². The third-order valence-electron chi connectivity index (χ3n) is 8.00. The summed E-state index contributed by atoms with van der Waals surface area (Å²) in [6.07, 6.45) is 7.83. The van der Waals surface area contributed by atoms with Crippen molar-refractivity contribution in [2.24, 2.45) is 23.2 Å². The first-order chi connectivity index (χ1) is 15.0. The van der Waals surface area contributed by atoms with E-state index in [9.17, 15) is 9.59 Å². The topological polar surface area (TPSA) is 64.6 Å². The predicted molar refractivity (Wildman–Crippen MR) is 119 cm³/mol. The van der Waals surface area contributed by atoms with Crippen molar-refractivity contribution in [1.29, 1.82) is 0 Å². The highest BCUT2D eigenvalue weighted by atomic mass is 16.5. The van der Waals surface area contributed by atoms with Crippen molar-refractivity contribution in [3.05, 3.63) is 42.0 Å². The summed E-state index contributed by atoms with van der Waals surface area (Å²) in [5, 5.41) is 5.06. The third kappa shape index (κ3) is 3.79. The van der Waals surface area contributed by atoms with E-state index < -0.39 is 5.97 Å². The average Bonchev–Trinajstić information content (AvgIpc) is 2.75. The molecule has 1 atom stereocenters. The maximum atomic E-state index is 12.7. The number of nitrogens with one attached hydrogen (secondary N) is 1. The fourth-order valence-electron chi connectivity index (χ4n) is 6.90. The van der Waals surface area contributed by atoms with Gasteiger partial charge in [-0.25, -0.2) is 4.79 Å². The van der Waals surface area contributed by atoms with Crippen LogP contribution in [0, 0.1) is 23.2 Å². The molecule has 0 unspecified atom stereocenters. The largest absolute Gasteiger partial charge is 0.496 e. The van der Waals surface area contributed by atoms with Gasteiger partial charge in [0, 0.05) is 6.04 Å². The quantitative estimate of drug-likeness (QED) is 0.685. The molecule has 5 nitrogen and oxygen atoms in total. The number of hydrogen-bond donors (Lipinski definition) is 1. The van der Waals surface area contributed by atoms with E-state index in [-0.39, 0.29) is 24.0 Å². The molecule has 0 heterocycles. The van der Waals surface area contributed by atoms with Crippen LogP contribution < -0.4 is 10.1 Å². The van der Waals surface area contributed by atoms with Crippen LogP contribution in [0.5, 0.6) is 5.75 Å². The molecule has 0 aliphatic heterocycles. The van der Waals surface area contributed by atoms with Crippen molar-refractivity contribution in [3.8, 4) is 5.75 Å². The second-order valence-corrected chi connectivity index (χ2v) is 10.0. The maximum absolute atomic E-state index is 12.7. The SMILES string of the molecule is COc1cc2ccccc2cc1C(=O)OCC(=O)N[C@@H](C)C12CC3CC(CC(C3)C1)C2. The van der Waals surface area contributed by atoms with Gasteiger partial charge in [0.05, 0.1) is 7.11 Å². The molecule has 5 heteroatoms. The number of fused-ring (bicyclic) bond motifs is 1. The highest BCUT2D eigenvalue weighted by molar-refractivity contribution is 5.99. The molecule has 31 heavy (non-hydrogen) atoms. The van der Waals surface area contributed by atoms with Gasteiger partial charge in [-0.3, -0.25) is 4.79 Å². The van der Waals surface area contributed by atoms with E-state index in [1.165, 1.54) is 45.6 Å². The lowest BCUT2D eigenvalue weighted by molar-refractivity contribution is -0.128. The molecule has 4 bridgehead atoms.